The molecule has 106 valence electrons. The van der Waals surface area contributed by atoms with Crippen molar-refractivity contribution in [3.05, 3.63) is 63.6 Å². The van der Waals surface area contributed by atoms with Crippen LogP contribution in [0.1, 0.15) is 17.2 Å². The molecule has 0 saturated carbocycles. The van der Waals surface area contributed by atoms with Crippen molar-refractivity contribution in [1.82, 2.24) is 5.32 Å². The highest BCUT2D eigenvalue weighted by Crippen LogP contribution is 2.30. The number of nitrogens with one attached hydrogen (secondary N) is 1. The van der Waals surface area contributed by atoms with E-state index in [0.717, 1.165) is 11.3 Å². The van der Waals surface area contributed by atoms with Crippen molar-refractivity contribution in [2.24, 2.45) is 0 Å². The van der Waals surface area contributed by atoms with Gasteiger partial charge in [0.1, 0.15) is 0 Å². The molecule has 0 fully saturated rings. The van der Waals surface area contributed by atoms with Gasteiger partial charge in [-0.1, -0.05) is 47.5 Å². The van der Waals surface area contributed by atoms with Gasteiger partial charge in [0, 0.05) is 16.7 Å². The summed E-state index contributed by atoms with van der Waals surface area (Å²) in [6, 6.07) is 14.5. The maximum Gasteiger partial charge on any atom is 0.0595 e. The second-order valence-electron chi connectivity index (χ2n) is 4.59. The second-order valence-corrected chi connectivity index (χ2v) is 6.47. The van der Waals surface area contributed by atoms with Crippen LogP contribution in [0.15, 0.2) is 47.4 Å². The average molecular weight is 326 g/mol. The molecule has 20 heavy (non-hydrogen) atoms. The van der Waals surface area contributed by atoms with Gasteiger partial charge in [-0.15, -0.1) is 11.8 Å². The first-order valence-corrected chi connectivity index (χ1v) is 8.16. The summed E-state index contributed by atoms with van der Waals surface area (Å²) in [5.74, 6) is 0.944. The Labute approximate surface area is 134 Å². The quantitative estimate of drug-likeness (QED) is 0.743. The molecule has 1 unspecified atom stereocenters. The standard InChI is InChI=1S/C16H17Cl2NS/c1-11-5-3-4-6-16(11)20-10-15(19-2)12-7-8-13(17)14(18)9-12/h3-9,15,19H,10H2,1-2H3. The highest BCUT2D eigenvalue weighted by atomic mass is 35.5. The van der Waals surface area contributed by atoms with E-state index in [1.54, 1.807) is 0 Å². The molecule has 0 radical (unpaired) electrons. The number of thioether (sulfide) groups is 1. The van der Waals surface area contributed by atoms with E-state index in [1.165, 1.54) is 10.5 Å². The van der Waals surface area contributed by atoms with Gasteiger partial charge in [-0.3, -0.25) is 0 Å². The summed E-state index contributed by atoms with van der Waals surface area (Å²) in [5.41, 5.74) is 2.46. The van der Waals surface area contributed by atoms with Crippen LogP contribution in [-0.2, 0) is 0 Å². The van der Waals surface area contributed by atoms with Gasteiger partial charge < -0.3 is 5.32 Å². The molecule has 0 aliphatic heterocycles. The van der Waals surface area contributed by atoms with Crippen LogP contribution in [0.3, 0.4) is 0 Å². The van der Waals surface area contributed by atoms with E-state index in [2.05, 4.69) is 36.5 Å². The van der Waals surface area contributed by atoms with E-state index in [0.29, 0.717) is 10.0 Å². The monoisotopic (exact) mass is 325 g/mol. The van der Waals surface area contributed by atoms with Crippen LogP contribution < -0.4 is 5.32 Å². The Balaban J connectivity index is 2.09. The van der Waals surface area contributed by atoms with Crippen LogP contribution in [0.25, 0.3) is 0 Å². The van der Waals surface area contributed by atoms with Crippen molar-refractivity contribution in [1.29, 1.82) is 0 Å². The summed E-state index contributed by atoms with van der Waals surface area (Å²) in [4.78, 5) is 1.31. The minimum absolute atomic E-state index is 0.245. The summed E-state index contributed by atoms with van der Waals surface area (Å²) in [6.07, 6.45) is 0. The summed E-state index contributed by atoms with van der Waals surface area (Å²) in [5, 5.41) is 4.53. The number of benzene rings is 2. The molecule has 0 spiro atoms. The summed E-state index contributed by atoms with van der Waals surface area (Å²) < 4.78 is 0. The molecule has 0 aliphatic carbocycles. The van der Waals surface area contributed by atoms with Gasteiger partial charge in [0.2, 0.25) is 0 Å². The summed E-state index contributed by atoms with van der Waals surface area (Å²) in [6.45, 7) is 2.13. The van der Waals surface area contributed by atoms with Crippen molar-refractivity contribution in [3.63, 3.8) is 0 Å². The van der Waals surface area contributed by atoms with E-state index in [9.17, 15) is 0 Å². The Morgan fingerprint density at radius 2 is 1.85 bits per heavy atom. The molecular weight excluding hydrogens is 309 g/mol. The van der Waals surface area contributed by atoms with Gasteiger partial charge in [-0.05, 0) is 43.3 Å². The van der Waals surface area contributed by atoms with Crippen LogP contribution in [0, 0.1) is 6.92 Å². The highest BCUT2D eigenvalue weighted by molar-refractivity contribution is 7.99. The van der Waals surface area contributed by atoms with E-state index in [-0.39, 0.29) is 6.04 Å². The Morgan fingerprint density at radius 3 is 2.50 bits per heavy atom. The third-order valence-corrected chi connectivity index (χ3v) is 5.20. The van der Waals surface area contributed by atoms with E-state index in [4.69, 9.17) is 23.2 Å². The largest absolute Gasteiger partial charge is 0.312 e. The van der Waals surface area contributed by atoms with Crippen molar-refractivity contribution < 1.29 is 0 Å². The van der Waals surface area contributed by atoms with Crippen LogP contribution in [-0.4, -0.2) is 12.8 Å². The van der Waals surface area contributed by atoms with Crippen molar-refractivity contribution in [2.45, 2.75) is 17.9 Å². The number of halogens is 2. The molecule has 0 aromatic heterocycles. The zero-order valence-corrected chi connectivity index (χ0v) is 13.8. The van der Waals surface area contributed by atoms with Crippen LogP contribution in [0.2, 0.25) is 10.0 Å². The average Bonchev–Trinajstić information content (AvgIpc) is 2.45. The Kier molecular flexibility index (Phi) is 5.79. The minimum Gasteiger partial charge on any atom is -0.312 e. The smallest absolute Gasteiger partial charge is 0.0595 e. The number of hydrogen-bond donors (Lipinski definition) is 1. The predicted octanol–water partition coefficient (Wildman–Crippen LogP) is 5.35. The zero-order valence-electron chi connectivity index (χ0n) is 11.5. The van der Waals surface area contributed by atoms with E-state index < -0.39 is 0 Å². The molecule has 1 N–H and O–H groups in total. The first-order chi connectivity index (χ1) is 9.61. The molecule has 1 nitrogen and oxygen atoms in total. The normalized spacial score (nSPS) is 12.4. The molecule has 0 bridgehead atoms. The molecule has 2 aromatic carbocycles. The Morgan fingerprint density at radius 1 is 1.10 bits per heavy atom. The lowest BCUT2D eigenvalue weighted by Crippen LogP contribution is -2.18. The fourth-order valence-electron chi connectivity index (χ4n) is 1.97. The van der Waals surface area contributed by atoms with Gasteiger partial charge in [0.25, 0.3) is 0 Å². The SMILES string of the molecule is CNC(CSc1ccccc1C)c1ccc(Cl)c(Cl)c1. The lowest BCUT2D eigenvalue weighted by Gasteiger charge is -2.17. The number of hydrogen-bond acceptors (Lipinski definition) is 2. The Bertz CT molecular complexity index is 586. The first kappa shape index (κ1) is 15.7. The number of aryl methyl sites for hydroxylation is 1. The molecule has 2 rings (SSSR count). The fourth-order valence-corrected chi connectivity index (χ4v) is 3.45. The van der Waals surface area contributed by atoms with Crippen molar-refractivity contribution in [3.8, 4) is 0 Å². The molecule has 1 atom stereocenters. The molecule has 0 saturated heterocycles. The third kappa shape index (κ3) is 3.92. The maximum absolute atomic E-state index is 6.09. The van der Waals surface area contributed by atoms with Gasteiger partial charge in [0.15, 0.2) is 0 Å². The predicted molar refractivity (Wildman–Crippen MR) is 90.2 cm³/mol. The van der Waals surface area contributed by atoms with Crippen molar-refractivity contribution in [2.75, 3.05) is 12.8 Å². The van der Waals surface area contributed by atoms with Crippen molar-refractivity contribution >= 4 is 35.0 Å². The molecule has 0 aliphatic rings. The molecular formula is C16H17Cl2NS. The second kappa shape index (κ2) is 7.37. The number of rotatable bonds is 5. The summed E-state index contributed by atoms with van der Waals surface area (Å²) >= 11 is 13.9. The molecule has 2 aromatic rings. The van der Waals surface area contributed by atoms with Gasteiger partial charge >= 0.3 is 0 Å². The lowest BCUT2D eigenvalue weighted by molar-refractivity contribution is 0.662. The highest BCUT2D eigenvalue weighted by Gasteiger charge is 2.12. The summed E-state index contributed by atoms with van der Waals surface area (Å²) in [7, 11) is 1.96. The molecule has 4 heteroatoms. The van der Waals surface area contributed by atoms with Crippen LogP contribution >= 0.6 is 35.0 Å². The van der Waals surface area contributed by atoms with Crippen LogP contribution in [0.4, 0.5) is 0 Å². The van der Waals surface area contributed by atoms with Gasteiger partial charge in [0.05, 0.1) is 10.0 Å². The molecule has 0 amide bonds. The Hall–Kier alpha value is -0.670. The lowest BCUT2D eigenvalue weighted by atomic mass is 10.1. The van der Waals surface area contributed by atoms with E-state index >= 15 is 0 Å². The maximum atomic E-state index is 6.09. The van der Waals surface area contributed by atoms with Gasteiger partial charge in [-0.2, -0.15) is 0 Å². The first-order valence-electron chi connectivity index (χ1n) is 6.42. The topological polar surface area (TPSA) is 12.0 Å². The van der Waals surface area contributed by atoms with Gasteiger partial charge in [-0.25, -0.2) is 0 Å². The van der Waals surface area contributed by atoms with Crippen LogP contribution in [0.5, 0.6) is 0 Å². The van der Waals surface area contributed by atoms with E-state index in [1.807, 2.05) is 37.0 Å². The molecule has 0 heterocycles. The zero-order chi connectivity index (χ0) is 14.5. The fraction of sp³-hybridized carbons (Fsp3) is 0.250. The minimum atomic E-state index is 0.245. The third-order valence-electron chi connectivity index (χ3n) is 3.19.